The number of allylic oxidation sites excluding steroid dienone is 2. The summed E-state index contributed by atoms with van der Waals surface area (Å²) >= 11 is -3.86. The van der Waals surface area contributed by atoms with Crippen molar-refractivity contribution in [2.75, 3.05) is 0 Å². The van der Waals surface area contributed by atoms with Crippen molar-refractivity contribution in [3.05, 3.63) is 177 Å². The van der Waals surface area contributed by atoms with Gasteiger partial charge in [0.05, 0.1) is 0 Å². The van der Waals surface area contributed by atoms with Gasteiger partial charge in [-0.2, -0.15) is 0 Å². The van der Waals surface area contributed by atoms with Crippen LogP contribution in [0.3, 0.4) is 0 Å². The monoisotopic (exact) mass is 758 g/mol. The van der Waals surface area contributed by atoms with E-state index in [0.717, 1.165) is 0 Å². The molecule has 0 radical (unpaired) electrons. The first kappa shape index (κ1) is 34.8. The fourth-order valence-electron chi connectivity index (χ4n) is 9.85. The van der Waals surface area contributed by atoms with E-state index < -0.39 is 17.4 Å². The van der Waals surface area contributed by atoms with Gasteiger partial charge in [0.25, 0.3) is 0 Å². The smallest absolute Gasteiger partial charge is 1.00 e. The first-order chi connectivity index (χ1) is 22.1. The number of hydrogen-bond donors (Lipinski definition) is 0. The zero-order valence-corrected chi connectivity index (χ0v) is 34.0. The Morgan fingerprint density at radius 2 is 0.771 bits per heavy atom. The average molecular weight is 761 g/mol. The molecule has 48 heavy (non-hydrogen) atoms. The summed E-state index contributed by atoms with van der Waals surface area (Å²) in [4.78, 5) is 0. The van der Waals surface area contributed by atoms with Crippen molar-refractivity contribution in [3.8, 4) is 0 Å². The SMILES string of the molecule is CC1=C(c2cccc3ccccc23)c2cccc(C)c2[CH]1[Zr+2]([CH3])([CH3])(=[SiH2])[CH]1C(C)=C(c2cccc3ccccc23)c2cccc(C)c21.[Cl-].[Cl-]. The maximum absolute atomic E-state index is 3.86. The molecule has 0 aliphatic heterocycles. The van der Waals surface area contributed by atoms with Gasteiger partial charge in [-0.25, -0.2) is 0 Å². The molecule has 0 amide bonds. The summed E-state index contributed by atoms with van der Waals surface area (Å²) in [6.07, 6.45) is 0. The normalized spacial score (nSPS) is 16.8. The number of halogens is 2. The molecule has 2 atom stereocenters. The molecule has 6 aromatic carbocycles. The van der Waals surface area contributed by atoms with Crippen LogP contribution in [0.15, 0.2) is 132 Å². The van der Waals surface area contributed by atoms with Gasteiger partial charge in [0, 0.05) is 0 Å². The van der Waals surface area contributed by atoms with Crippen molar-refractivity contribution < 1.29 is 42.2 Å². The minimum Gasteiger partial charge on any atom is -1.00 e. The minimum atomic E-state index is -3.86. The van der Waals surface area contributed by atoms with Crippen LogP contribution in [0.1, 0.15) is 65.6 Å². The molecule has 0 saturated carbocycles. The third kappa shape index (κ3) is 5.01. The fraction of sp³-hybridized carbons (Fsp3) is 0.182. The minimum absolute atomic E-state index is 0. The van der Waals surface area contributed by atoms with Crippen molar-refractivity contribution in [1.29, 1.82) is 0 Å². The van der Waals surface area contributed by atoms with Crippen molar-refractivity contribution in [1.82, 2.24) is 0 Å². The Morgan fingerprint density at radius 1 is 0.438 bits per heavy atom. The van der Waals surface area contributed by atoms with Crippen molar-refractivity contribution in [3.63, 3.8) is 0 Å². The molecular formula is C44H42Cl2SiZr. The van der Waals surface area contributed by atoms with Crippen LogP contribution >= 0.6 is 0 Å². The molecule has 0 fully saturated rings. The zero-order valence-electron chi connectivity index (χ0n) is 28.7. The summed E-state index contributed by atoms with van der Waals surface area (Å²) in [6.45, 7) is 12.1. The molecule has 240 valence electrons. The molecule has 6 aromatic rings. The maximum Gasteiger partial charge on any atom is -1.00 e. The summed E-state index contributed by atoms with van der Waals surface area (Å²) < 4.78 is 6.47. The zero-order chi connectivity index (χ0) is 32.0. The van der Waals surface area contributed by atoms with Crippen LogP contribution in [0, 0.1) is 13.8 Å². The van der Waals surface area contributed by atoms with Gasteiger partial charge in [-0.1, -0.05) is 0 Å². The van der Waals surface area contributed by atoms with Crippen molar-refractivity contribution in [2.45, 2.75) is 44.2 Å². The predicted octanol–water partition coefficient (Wildman–Crippen LogP) is 5.40. The van der Waals surface area contributed by atoms with Crippen LogP contribution in [-0.4, -0.2) is 6.88 Å². The van der Waals surface area contributed by atoms with E-state index in [0.29, 0.717) is 7.25 Å². The quantitative estimate of drug-likeness (QED) is 0.211. The van der Waals surface area contributed by atoms with E-state index in [1.807, 2.05) is 0 Å². The van der Waals surface area contributed by atoms with E-state index in [9.17, 15) is 0 Å². The van der Waals surface area contributed by atoms with Gasteiger partial charge in [0.15, 0.2) is 0 Å². The molecule has 8 rings (SSSR count). The van der Waals surface area contributed by atoms with E-state index in [1.54, 1.807) is 22.3 Å². The Bertz CT molecular complexity index is 2230. The molecule has 2 unspecified atom stereocenters. The van der Waals surface area contributed by atoms with E-state index in [2.05, 4.69) is 165 Å². The second kappa shape index (κ2) is 12.4. The Balaban J connectivity index is 0.00000201. The molecule has 2 aliphatic rings. The number of rotatable bonds is 4. The van der Waals surface area contributed by atoms with Gasteiger partial charge in [0.1, 0.15) is 0 Å². The molecule has 0 N–H and O–H groups in total. The second-order valence-electron chi connectivity index (χ2n) is 15.0. The third-order valence-corrected chi connectivity index (χ3v) is 29.1. The molecule has 2 aliphatic carbocycles. The molecule has 0 heterocycles. The number of fused-ring (bicyclic) bond motifs is 4. The van der Waals surface area contributed by atoms with E-state index in [4.69, 9.17) is 0 Å². The van der Waals surface area contributed by atoms with Crippen LogP contribution in [0.2, 0.25) is 9.26 Å². The van der Waals surface area contributed by atoms with Crippen LogP contribution in [0.5, 0.6) is 0 Å². The summed E-state index contributed by atoms with van der Waals surface area (Å²) in [5.41, 5.74) is 17.8. The number of hydrogen-bond acceptors (Lipinski definition) is 0. The van der Waals surface area contributed by atoms with Gasteiger partial charge in [0.2, 0.25) is 0 Å². The first-order valence-electron chi connectivity index (χ1n) is 16.7. The fourth-order valence-corrected chi connectivity index (χ4v) is 31.0. The maximum atomic E-state index is 2.78. The molecule has 4 heteroatoms. The van der Waals surface area contributed by atoms with E-state index in [1.165, 1.54) is 66.1 Å². The van der Waals surface area contributed by atoms with Crippen LogP contribution < -0.4 is 24.8 Å². The summed E-state index contributed by atoms with van der Waals surface area (Å²) in [7, 11) is 0. The van der Waals surface area contributed by atoms with Gasteiger partial charge >= 0.3 is 278 Å². The van der Waals surface area contributed by atoms with Gasteiger partial charge in [-0.15, -0.1) is 0 Å². The van der Waals surface area contributed by atoms with Gasteiger partial charge in [-0.3, -0.25) is 0 Å². The van der Waals surface area contributed by atoms with Gasteiger partial charge < -0.3 is 24.8 Å². The van der Waals surface area contributed by atoms with Crippen molar-refractivity contribution >= 4 is 39.6 Å². The Labute approximate surface area is 300 Å². The predicted molar refractivity (Wildman–Crippen MR) is 199 cm³/mol. The topological polar surface area (TPSA) is 0 Å². The molecular weight excluding hydrogens is 719 g/mol. The summed E-state index contributed by atoms with van der Waals surface area (Å²) in [6, 6.07) is 45.7. The van der Waals surface area contributed by atoms with E-state index >= 15 is 0 Å². The van der Waals surface area contributed by atoms with Crippen molar-refractivity contribution in [2.24, 2.45) is 0 Å². The average Bonchev–Trinajstić information content (AvgIpc) is 3.53. The first-order valence-corrected chi connectivity index (χ1v) is 30.4. The largest absolute Gasteiger partial charge is 1.00 e. The third-order valence-electron chi connectivity index (χ3n) is 11.4. The van der Waals surface area contributed by atoms with Crippen LogP contribution in [0.4, 0.5) is 0 Å². The van der Waals surface area contributed by atoms with Crippen LogP contribution in [-0.2, 0) is 17.4 Å². The molecule has 0 saturated heterocycles. The molecule has 0 spiro atoms. The number of benzene rings is 6. The summed E-state index contributed by atoms with van der Waals surface area (Å²) in [5, 5.41) is 5.33. The number of aryl methyl sites for hydroxylation is 2. The molecule has 0 nitrogen and oxygen atoms in total. The van der Waals surface area contributed by atoms with Crippen LogP contribution in [0.25, 0.3) is 32.7 Å². The Kier molecular flexibility index (Phi) is 9.00. The second-order valence-corrected chi connectivity index (χ2v) is 45.5. The van der Waals surface area contributed by atoms with E-state index in [-0.39, 0.29) is 24.8 Å². The standard InChI is InChI=1S/2C21H17.2CH3.2ClH.H2Si.Zr/c2*1-14-7-5-11-19-20(14)13-15(2)21(19)18-12-6-9-16-8-3-4-10-17(16)18;;;;;;/h2*3-13H,1-2H3;2*1H3;2*1H;1H2;/q;;;;;;;+2/p-2. The van der Waals surface area contributed by atoms with Gasteiger partial charge in [-0.05, 0) is 0 Å². The Morgan fingerprint density at radius 3 is 1.19 bits per heavy atom. The molecule has 0 aromatic heterocycles. The Hall–Kier alpha value is -3.00. The molecule has 0 bridgehead atoms. The summed E-state index contributed by atoms with van der Waals surface area (Å²) in [5.74, 6) is 0.